The van der Waals surface area contributed by atoms with Crippen molar-refractivity contribution in [3.05, 3.63) is 35.1 Å². The summed E-state index contributed by atoms with van der Waals surface area (Å²) in [6, 6.07) is 3.66. The first-order chi connectivity index (χ1) is 7.00. The smallest absolute Gasteiger partial charge is 0.404 e. The van der Waals surface area contributed by atoms with Crippen LogP contribution >= 0.6 is 0 Å². The number of hydrogen-bond acceptors (Lipinski definition) is 2. The Morgan fingerprint density at radius 2 is 2.13 bits per heavy atom. The number of hydrogen-bond donors (Lipinski definition) is 3. The van der Waals surface area contributed by atoms with E-state index in [-0.39, 0.29) is 12.1 Å². The van der Waals surface area contributed by atoms with Gasteiger partial charge in [-0.25, -0.2) is 9.18 Å². The zero-order valence-corrected chi connectivity index (χ0v) is 7.66. The van der Waals surface area contributed by atoms with E-state index >= 15 is 0 Å². The van der Waals surface area contributed by atoms with Gasteiger partial charge in [0.15, 0.2) is 0 Å². The van der Waals surface area contributed by atoms with Gasteiger partial charge in [0.25, 0.3) is 5.91 Å². The Hall–Kier alpha value is -2.11. The molecule has 0 aromatic heterocycles. The lowest BCUT2D eigenvalue weighted by molar-refractivity contribution is 0.0996. The van der Waals surface area contributed by atoms with Gasteiger partial charge in [-0.15, -0.1) is 0 Å². The average molecular weight is 212 g/mol. The van der Waals surface area contributed by atoms with Crippen LogP contribution in [0.3, 0.4) is 0 Å². The molecule has 1 aromatic carbocycles. The second kappa shape index (κ2) is 4.41. The summed E-state index contributed by atoms with van der Waals surface area (Å²) >= 11 is 0. The fourth-order valence-electron chi connectivity index (χ4n) is 1.05. The van der Waals surface area contributed by atoms with Gasteiger partial charge in [0.1, 0.15) is 5.82 Å². The molecule has 1 rings (SSSR count). The molecule has 0 aliphatic heterocycles. The topological polar surface area (TPSA) is 92.4 Å². The van der Waals surface area contributed by atoms with Gasteiger partial charge in [0.2, 0.25) is 0 Å². The molecule has 0 saturated carbocycles. The number of carbonyl (C=O) groups is 2. The second-order valence-corrected chi connectivity index (χ2v) is 2.84. The maximum Gasteiger partial charge on any atom is 0.404 e. The quantitative estimate of drug-likeness (QED) is 0.688. The van der Waals surface area contributed by atoms with E-state index in [9.17, 15) is 14.0 Å². The van der Waals surface area contributed by atoms with Crippen LogP contribution in [0.5, 0.6) is 0 Å². The van der Waals surface area contributed by atoms with Crippen LogP contribution in [-0.2, 0) is 6.54 Å². The van der Waals surface area contributed by atoms with Crippen molar-refractivity contribution in [2.24, 2.45) is 5.73 Å². The van der Waals surface area contributed by atoms with Crippen LogP contribution in [0.1, 0.15) is 15.9 Å². The fourth-order valence-corrected chi connectivity index (χ4v) is 1.05. The summed E-state index contributed by atoms with van der Waals surface area (Å²) in [7, 11) is 0. The molecule has 0 fully saturated rings. The lowest BCUT2D eigenvalue weighted by Gasteiger charge is -2.04. The van der Waals surface area contributed by atoms with E-state index in [4.69, 9.17) is 10.8 Å². The Kier molecular flexibility index (Phi) is 3.22. The molecule has 15 heavy (non-hydrogen) atoms. The van der Waals surface area contributed by atoms with Gasteiger partial charge >= 0.3 is 6.09 Å². The Morgan fingerprint density at radius 3 is 2.67 bits per heavy atom. The monoisotopic (exact) mass is 212 g/mol. The minimum absolute atomic E-state index is 0.00407. The largest absolute Gasteiger partial charge is 0.465 e. The molecule has 6 heteroatoms. The predicted octanol–water partition coefficient (Wildman–Crippen LogP) is 0.692. The van der Waals surface area contributed by atoms with Crippen molar-refractivity contribution in [3.8, 4) is 0 Å². The van der Waals surface area contributed by atoms with Gasteiger partial charge < -0.3 is 16.2 Å². The zero-order chi connectivity index (χ0) is 11.4. The second-order valence-electron chi connectivity index (χ2n) is 2.84. The van der Waals surface area contributed by atoms with E-state index in [2.05, 4.69) is 5.32 Å². The Labute approximate surface area is 84.7 Å². The maximum absolute atomic E-state index is 13.0. The highest BCUT2D eigenvalue weighted by Crippen LogP contribution is 2.09. The summed E-state index contributed by atoms with van der Waals surface area (Å²) in [5, 5.41) is 10.4. The first-order valence-electron chi connectivity index (χ1n) is 4.05. The lowest BCUT2D eigenvalue weighted by Crippen LogP contribution is -2.20. The summed E-state index contributed by atoms with van der Waals surface area (Å²) in [6.45, 7) is -0.00407. The van der Waals surface area contributed by atoms with Crippen LogP contribution in [0.25, 0.3) is 0 Å². The Bertz CT molecular complexity index is 406. The maximum atomic E-state index is 13.0. The van der Waals surface area contributed by atoms with Gasteiger partial charge in [-0.2, -0.15) is 0 Å². The van der Waals surface area contributed by atoms with Crippen LogP contribution in [0.4, 0.5) is 9.18 Å². The van der Waals surface area contributed by atoms with Crippen molar-refractivity contribution in [1.29, 1.82) is 0 Å². The first-order valence-corrected chi connectivity index (χ1v) is 4.05. The SMILES string of the molecule is NC(=O)c1cc(CNC(=O)O)ccc1F. The van der Waals surface area contributed by atoms with Gasteiger partial charge in [-0.05, 0) is 17.7 Å². The van der Waals surface area contributed by atoms with Gasteiger partial charge in [-0.1, -0.05) is 6.07 Å². The highest BCUT2D eigenvalue weighted by Gasteiger charge is 2.08. The molecule has 0 heterocycles. The van der Waals surface area contributed by atoms with Crippen molar-refractivity contribution in [2.75, 3.05) is 0 Å². The summed E-state index contributed by atoms with van der Waals surface area (Å²) in [5.41, 5.74) is 5.14. The van der Waals surface area contributed by atoms with Crippen LogP contribution in [0.15, 0.2) is 18.2 Å². The lowest BCUT2D eigenvalue weighted by atomic mass is 10.1. The molecule has 0 aliphatic rings. The van der Waals surface area contributed by atoms with Crippen LogP contribution in [0, 0.1) is 5.82 Å². The molecule has 1 aromatic rings. The minimum atomic E-state index is -1.19. The number of rotatable bonds is 3. The number of benzene rings is 1. The number of amides is 2. The third-order valence-corrected chi connectivity index (χ3v) is 1.74. The summed E-state index contributed by atoms with van der Waals surface area (Å²) in [6.07, 6.45) is -1.19. The summed E-state index contributed by atoms with van der Waals surface area (Å²) in [4.78, 5) is 20.9. The molecule has 0 saturated heterocycles. The molecular formula is C9H9FN2O3. The van der Waals surface area contributed by atoms with E-state index in [1.165, 1.54) is 12.1 Å². The number of carbonyl (C=O) groups excluding carboxylic acids is 1. The van der Waals surface area contributed by atoms with Gasteiger partial charge in [0, 0.05) is 6.54 Å². The van der Waals surface area contributed by atoms with Gasteiger partial charge in [0.05, 0.1) is 5.56 Å². The zero-order valence-electron chi connectivity index (χ0n) is 7.66. The molecule has 0 atom stereocenters. The molecular weight excluding hydrogens is 203 g/mol. The normalized spacial score (nSPS) is 9.67. The van der Waals surface area contributed by atoms with Crippen molar-refractivity contribution < 1.29 is 19.1 Å². The van der Waals surface area contributed by atoms with E-state index < -0.39 is 17.8 Å². The molecule has 5 nitrogen and oxygen atoms in total. The van der Waals surface area contributed by atoms with E-state index in [1.807, 2.05) is 0 Å². The van der Waals surface area contributed by atoms with Crippen LogP contribution in [0.2, 0.25) is 0 Å². The standard InChI is InChI=1S/C9H9FN2O3/c10-7-2-1-5(4-12-9(14)15)3-6(7)8(11)13/h1-3,12H,4H2,(H2,11,13)(H,14,15). The summed E-state index contributed by atoms with van der Waals surface area (Å²) in [5.74, 6) is -1.61. The Morgan fingerprint density at radius 1 is 1.47 bits per heavy atom. The molecule has 80 valence electrons. The average Bonchev–Trinajstić information content (AvgIpc) is 2.16. The highest BCUT2D eigenvalue weighted by molar-refractivity contribution is 5.93. The van der Waals surface area contributed by atoms with Gasteiger partial charge in [-0.3, -0.25) is 4.79 Å². The third kappa shape index (κ3) is 2.94. The van der Waals surface area contributed by atoms with E-state index in [1.54, 1.807) is 0 Å². The number of carboxylic acid groups (broad SMARTS) is 1. The molecule has 0 radical (unpaired) electrons. The van der Waals surface area contributed by atoms with Crippen molar-refractivity contribution in [2.45, 2.75) is 6.54 Å². The minimum Gasteiger partial charge on any atom is -0.465 e. The van der Waals surface area contributed by atoms with Crippen LogP contribution < -0.4 is 11.1 Å². The number of primary amides is 1. The molecule has 0 unspecified atom stereocenters. The molecule has 0 spiro atoms. The summed E-state index contributed by atoms with van der Waals surface area (Å²) < 4.78 is 13.0. The number of nitrogens with one attached hydrogen (secondary N) is 1. The van der Waals surface area contributed by atoms with Crippen molar-refractivity contribution >= 4 is 12.0 Å². The molecule has 4 N–H and O–H groups in total. The van der Waals surface area contributed by atoms with E-state index in [0.29, 0.717) is 5.56 Å². The Balaban J connectivity index is 2.87. The third-order valence-electron chi connectivity index (χ3n) is 1.74. The fraction of sp³-hybridized carbons (Fsp3) is 0.111. The van der Waals surface area contributed by atoms with Crippen LogP contribution in [-0.4, -0.2) is 17.1 Å². The first kappa shape index (κ1) is 11.0. The molecule has 0 aliphatic carbocycles. The number of nitrogens with two attached hydrogens (primary N) is 1. The van der Waals surface area contributed by atoms with Crippen molar-refractivity contribution in [3.63, 3.8) is 0 Å². The molecule has 0 bridgehead atoms. The predicted molar refractivity (Wildman–Crippen MR) is 49.8 cm³/mol. The highest BCUT2D eigenvalue weighted by atomic mass is 19.1. The number of halogens is 1. The van der Waals surface area contributed by atoms with Crippen molar-refractivity contribution in [1.82, 2.24) is 5.32 Å². The molecule has 2 amide bonds. The van der Waals surface area contributed by atoms with E-state index in [0.717, 1.165) is 6.07 Å².